The number of hydrogen-bond donors (Lipinski definition) is 1. The molecule has 19 heavy (non-hydrogen) atoms. The monoisotopic (exact) mass is 257 g/mol. The van der Waals surface area contributed by atoms with E-state index in [2.05, 4.69) is 24.4 Å². The first-order valence-electron chi connectivity index (χ1n) is 7.65. The zero-order chi connectivity index (χ0) is 13.2. The lowest BCUT2D eigenvalue weighted by Gasteiger charge is -2.26. The van der Waals surface area contributed by atoms with Gasteiger partial charge in [-0.3, -0.25) is 4.79 Å². The lowest BCUT2D eigenvalue weighted by atomic mass is 9.78. The first kappa shape index (κ1) is 12.7. The van der Waals surface area contributed by atoms with E-state index in [9.17, 15) is 4.79 Å². The van der Waals surface area contributed by atoms with Gasteiger partial charge in [-0.05, 0) is 55.4 Å². The highest BCUT2D eigenvalue weighted by Gasteiger charge is 2.26. The Morgan fingerprint density at radius 1 is 1.26 bits per heavy atom. The Morgan fingerprint density at radius 3 is 3.00 bits per heavy atom. The molecule has 1 saturated carbocycles. The van der Waals surface area contributed by atoms with Crippen molar-refractivity contribution in [2.45, 2.75) is 45.4 Å². The number of Topliss-reactive ketones (excluding diaryl/α,β-unsaturated/α-hetero) is 1. The summed E-state index contributed by atoms with van der Waals surface area (Å²) in [5, 5.41) is 3.40. The van der Waals surface area contributed by atoms with Crippen molar-refractivity contribution in [1.29, 1.82) is 0 Å². The van der Waals surface area contributed by atoms with E-state index in [-0.39, 0.29) is 5.92 Å². The summed E-state index contributed by atoms with van der Waals surface area (Å²) in [5.41, 5.74) is 3.47. The minimum atomic E-state index is 0.262. The van der Waals surface area contributed by atoms with Crippen molar-refractivity contribution in [2.24, 2.45) is 11.8 Å². The maximum absolute atomic E-state index is 12.6. The third-order valence-electron chi connectivity index (χ3n) is 4.64. The Balaban J connectivity index is 1.79. The maximum Gasteiger partial charge on any atom is 0.165 e. The third-order valence-corrected chi connectivity index (χ3v) is 4.64. The molecule has 1 heterocycles. The Morgan fingerprint density at radius 2 is 2.16 bits per heavy atom. The predicted octanol–water partition coefficient (Wildman–Crippen LogP) is 4.05. The molecule has 1 aromatic rings. The van der Waals surface area contributed by atoms with Gasteiger partial charge in [0.15, 0.2) is 5.78 Å². The molecule has 1 fully saturated rings. The number of carbonyl (C=O) groups excluding carboxylic acids is 1. The van der Waals surface area contributed by atoms with Crippen LogP contribution in [-0.4, -0.2) is 12.3 Å². The molecule has 2 atom stereocenters. The molecule has 0 spiro atoms. The number of aryl methyl sites for hydroxylation is 1. The average molecular weight is 257 g/mol. The summed E-state index contributed by atoms with van der Waals surface area (Å²) in [6, 6.07) is 6.23. The van der Waals surface area contributed by atoms with Crippen molar-refractivity contribution in [2.75, 3.05) is 11.9 Å². The van der Waals surface area contributed by atoms with Crippen LogP contribution >= 0.6 is 0 Å². The Hall–Kier alpha value is -1.31. The van der Waals surface area contributed by atoms with E-state index in [0.29, 0.717) is 11.7 Å². The Kier molecular flexibility index (Phi) is 3.58. The van der Waals surface area contributed by atoms with Crippen molar-refractivity contribution < 1.29 is 4.79 Å². The van der Waals surface area contributed by atoms with Crippen molar-refractivity contribution in [3.63, 3.8) is 0 Å². The fourth-order valence-electron chi connectivity index (χ4n) is 3.54. The second kappa shape index (κ2) is 5.36. The van der Waals surface area contributed by atoms with E-state index in [0.717, 1.165) is 31.4 Å². The molecule has 1 aliphatic carbocycles. The second-order valence-corrected chi connectivity index (χ2v) is 6.24. The highest BCUT2D eigenvalue weighted by molar-refractivity contribution is 5.98. The smallest absolute Gasteiger partial charge is 0.165 e. The van der Waals surface area contributed by atoms with Crippen LogP contribution in [-0.2, 0) is 6.42 Å². The SMILES string of the molecule is CC1CCCC(C(=O)c2ccc3c(c2)CCCN3)C1. The number of fused-ring (bicyclic) bond motifs is 1. The second-order valence-electron chi connectivity index (χ2n) is 6.24. The van der Waals surface area contributed by atoms with Crippen LogP contribution in [0.4, 0.5) is 5.69 Å². The molecule has 0 radical (unpaired) electrons. The van der Waals surface area contributed by atoms with Crippen LogP contribution in [0.5, 0.6) is 0 Å². The standard InChI is InChI=1S/C17H23NO/c1-12-4-2-5-14(10-12)17(19)15-7-8-16-13(11-15)6-3-9-18-16/h7-8,11-12,14,18H,2-6,9-10H2,1H3. The molecule has 2 aliphatic rings. The lowest BCUT2D eigenvalue weighted by Crippen LogP contribution is -2.22. The largest absolute Gasteiger partial charge is 0.385 e. The number of carbonyl (C=O) groups is 1. The van der Waals surface area contributed by atoms with Gasteiger partial charge < -0.3 is 5.32 Å². The zero-order valence-electron chi connectivity index (χ0n) is 11.7. The predicted molar refractivity (Wildman–Crippen MR) is 78.7 cm³/mol. The van der Waals surface area contributed by atoms with Gasteiger partial charge in [0.05, 0.1) is 0 Å². The summed E-state index contributed by atoms with van der Waals surface area (Å²) in [5.74, 6) is 1.35. The highest BCUT2D eigenvalue weighted by atomic mass is 16.1. The van der Waals surface area contributed by atoms with E-state index in [4.69, 9.17) is 0 Å². The fraction of sp³-hybridized carbons (Fsp3) is 0.588. The van der Waals surface area contributed by atoms with Crippen LogP contribution in [0.3, 0.4) is 0 Å². The zero-order valence-corrected chi connectivity index (χ0v) is 11.7. The molecule has 102 valence electrons. The van der Waals surface area contributed by atoms with Crippen LogP contribution in [0.1, 0.15) is 54.9 Å². The summed E-state index contributed by atoms with van der Waals surface area (Å²) >= 11 is 0. The fourth-order valence-corrected chi connectivity index (χ4v) is 3.54. The maximum atomic E-state index is 12.6. The average Bonchev–Trinajstić information content (AvgIpc) is 2.46. The Bertz CT molecular complexity index is 480. The van der Waals surface area contributed by atoms with E-state index in [1.54, 1.807) is 0 Å². The van der Waals surface area contributed by atoms with Gasteiger partial charge in [-0.2, -0.15) is 0 Å². The molecule has 0 aromatic heterocycles. The van der Waals surface area contributed by atoms with Crippen LogP contribution in [0, 0.1) is 11.8 Å². The van der Waals surface area contributed by atoms with Gasteiger partial charge in [-0.25, -0.2) is 0 Å². The molecule has 1 aromatic carbocycles. The van der Waals surface area contributed by atoms with Gasteiger partial charge in [0, 0.05) is 23.7 Å². The number of rotatable bonds is 2. The van der Waals surface area contributed by atoms with Gasteiger partial charge in [-0.1, -0.05) is 19.8 Å². The van der Waals surface area contributed by atoms with E-state index in [1.165, 1.54) is 30.5 Å². The number of hydrogen-bond acceptors (Lipinski definition) is 2. The molecule has 3 rings (SSSR count). The van der Waals surface area contributed by atoms with Crippen molar-refractivity contribution in [3.8, 4) is 0 Å². The van der Waals surface area contributed by atoms with Gasteiger partial charge in [0.1, 0.15) is 0 Å². The molecular formula is C17H23NO. The summed E-state index contributed by atoms with van der Waals surface area (Å²) in [6.45, 7) is 3.33. The van der Waals surface area contributed by atoms with Gasteiger partial charge in [0.2, 0.25) is 0 Å². The van der Waals surface area contributed by atoms with Crippen LogP contribution in [0.15, 0.2) is 18.2 Å². The quantitative estimate of drug-likeness (QED) is 0.810. The van der Waals surface area contributed by atoms with Crippen LogP contribution < -0.4 is 5.32 Å². The lowest BCUT2D eigenvalue weighted by molar-refractivity contribution is 0.0868. The third kappa shape index (κ3) is 2.68. The minimum absolute atomic E-state index is 0.262. The molecule has 2 nitrogen and oxygen atoms in total. The van der Waals surface area contributed by atoms with Crippen LogP contribution in [0.25, 0.3) is 0 Å². The highest BCUT2D eigenvalue weighted by Crippen LogP contribution is 2.32. The summed E-state index contributed by atoms with van der Waals surface area (Å²) in [7, 11) is 0. The normalized spacial score (nSPS) is 26.4. The molecule has 0 saturated heterocycles. The summed E-state index contributed by atoms with van der Waals surface area (Å²) < 4.78 is 0. The van der Waals surface area contributed by atoms with Crippen molar-refractivity contribution in [1.82, 2.24) is 0 Å². The van der Waals surface area contributed by atoms with E-state index in [1.807, 2.05) is 6.07 Å². The van der Waals surface area contributed by atoms with Crippen molar-refractivity contribution in [3.05, 3.63) is 29.3 Å². The molecule has 1 N–H and O–H groups in total. The number of anilines is 1. The molecule has 0 amide bonds. The van der Waals surface area contributed by atoms with Gasteiger partial charge in [0.25, 0.3) is 0 Å². The summed E-state index contributed by atoms with van der Waals surface area (Å²) in [6.07, 6.45) is 6.93. The van der Waals surface area contributed by atoms with Gasteiger partial charge >= 0.3 is 0 Å². The van der Waals surface area contributed by atoms with Crippen LogP contribution in [0.2, 0.25) is 0 Å². The van der Waals surface area contributed by atoms with Gasteiger partial charge in [-0.15, -0.1) is 0 Å². The molecular weight excluding hydrogens is 234 g/mol. The first-order chi connectivity index (χ1) is 9.24. The minimum Gasteiger partial charge on any atom is -0.385 e. The molecule has 2 heteroatoms. The van der Waals surface area contributed by atoms with Crippen molar-refractivity contribution >= 4 is 11.5 Å². The number of ketones is 1. The van der Waals surface area contributed by atoms with E-state index >= 15 is 0 Å². The topological polar surface area (TPSA) is 29.1 Å². The number of benzene rings is 1. The van der Waals surface area contributed by atoms with E-state index < -0.39 is 0 Å². The first-order valence-corrected chi connectivity index (χ1v) is 7.65. The molecule has 2 unspecified atom stereocenters. The summed E-state index contributed by atoms with van der Waals surface area (Å²) in [4.78, 5) is 12.6. The molecule has 1 aliphatic heterocycles. The molecule has 0 bridgehead atoms. The number of nitrogens with one attached hydrogen (secondary N) is 1. The Labute approximate surface area is 115 Å².